The van der Waals surface area contributed by atoms with E-state index in [0.717, 1.165) is 18.1 Å². The van der Waals surface area contributed by atoms with Crippen molar-refractivity contribution in [3.05, 3.63) is 23.8 Å². The summed E-state index contributed by atoms with van der Waals surface area (Å²) in [6.07, 6.45) is 8.51. The van der Waals surface area contributed by atoms with E-state index < -0.39 is 0 Å². The Morgan fingerprint density at radius 1 is 1.31 bits per heavy atom. The third-order valence-corrected chi connectivity index (χ3v) is 3.49. The van der Waals surface area contributed by atoms with Crippen molar-refractivity contribution in [2.75, 3.05) is 0 Å². The van der Waals surface area contributed by atoms with Gasteiger partial charge >= 0.3 is 0 Å². The van der Waals surface area contributed by atoms with Gasteiger partial charge in [0.1, 0.15) is 5.82 Å². The van der Waals surface area contributed by atoms with E-state index in [0.29, 0.717) is 5.54 Å². The summed E-state index contributed by atoms with van der Waals surface area (Å²) in [4.78, 5) is 8.53. The Morgan fingerprint density at radius 3 is 2.75 bits per heavy atom. The molecule has 1 aromatic heterocycles. The Kier molecular flexibility index (Phi) is 3.54. The topological polar surface area (TPSA) is 37.8 Å². The van der Waals surface area contributed by atoms with Crippen LogP contribution in [0, 0.1) is 6.92 Å². The SMILES string of the molecule is Cc1nccc(CNC2(C)CCCCC2)n1. The second kappa shape index (κ2) is 4.91. The molecule has 0 spiro atoms. The highest BCUT2D eigenvalue weighted by atomic mass is 15.0. The van der Waals surface area contributed by atoms with Crippen LogP contribution in [-0.4, -0.2) is 15.5 Å². The molecule has 0 bridgehead atoms. The van der Waals surface area contributed by atoms with Crippen molar-refractivity contribution in [3.8, 4) is 0 Å². The maximum Gasteiger partial charge on any atom is 0.125 e. The lowest BCUT2D eigenvalue weighted by molar-refractivity contribution is 0.251. The molecule has 0 aromatic carbocycles. The van der Waals surface area contributed by atoms with E-state index in [-0.39, 0.29) is 0 Å². The molecule has 0 atom stereocenters. The summed E-state index contributed by atoms with van der Waals surface area (Å²) in [5.74, 6) is 0.855. The molecule has 1 N–H and O–H groups in total. The largest absolute Gasteiger partial charge is 0.306 e. The molecular weight excluding hydrogens is 198 g/mol. The quantitative estimate of drug-likeness (QED) is 0.849. The first kappa shape index (κ1) is 11.5. The van der Waals surface area contributed by atoms with Crippen molar-refractivity contribution in [3.63, 3.8) is 0 Å². The smallest absolute Gasteiger partial charge is 0.125 e. The third-order valence-electron chi connectivity index (χ3n) is 3.49. The Hall–Kier alpha value is -0.960. The van der Waals surface area contributed by atoms with Crippen LogP contribution in [0.25, 0.3) is 0 Å². The fourth-order valence-corrected chi connectivity index (χ4v) is 2.42. The number of hydrogen-bond acceptors (Lipinski definition) is 3. The molecule has 3 nitrogen and oxygen atoms in total. The van der Waals surface area contributed by atoms with Crippen molar-refractivity contribution in [2.45, 2.75) is 58.0 Å². The molecule has 1 aliphatic carbocycles. The molecule has 0 radical (unpaired) electrons. The van der Waals surface area contributed by atoms with Crippen LogP contribution >= 0.6 is 0 Å². The van der Waals surface area contributed by atoms with Gasteiger partial charge in [-0.3, -0.25) is 0 Å². The summed E-state index contributed by atoms with van der Waals surface area (Å²) >= 11 is 0. The van der Waals surface area contributed by atoms with Gasteiger partial charge in [-0.15, -0.1) is 0 Å². The highest BCUT2D eigenvalue weighted by Crippen LogP contribution is 2.27. The van der Waals surface area contributed by atoms with E-state index in [4.69, 9.17) is 0 Å². The van der Waals surface area contributed by atoms with Crippen molar-refractivity contribution in [1.82, 2.24) is 15.3 Å². The zero-order valence-corrected chi connectivity index (χ0v) is 10.3. The molecule has 0 unspecified atom stereocenters. The van der Waals surface area contributed by atoms with Gasteiger partial charge in [-0.05, 0) is 32.8 Å². The molecule has 0 aliphatic heterocycles. The van der Waals surface area contributed by atoms with E-state index in [1.54, 1.807) is 0 Å². The normalized spacial score (nSPS) is 19.6. The first-order chi connectivity index (χ1) is 7.68. The number of hydrogen-bond donors (Lipinski definition) is 1. The van der Waals surface area contributed by atoms with Gasteiger partial charge in [-0.1, -0.05) is 19.3 Å². The van der Waals surface area contributed by atoms with Gasteiger partial charge in [0.2, 0.25) is 0 Å². The van der Waals surface area contributed by atoms with E-state index in [1.807, 2.05) is 19.2 Å². The molecule has 0 saturated heterocycles. The molecule has 16 heavy (non-hydrogen) atoms. The third kappa shape index (κ3) is 3.01. The zero-order chi connectivity index (χ0) is 11.4. The van der Waals surface area contributed by atoms with Crippen molar-refractivity contribution < 1.29 is 0 Å². The molecule has 1 heterocycles. The number of rotatable bonds is 3. The monoisotopic (exact) mass is 219 g/mol. The van der Waals surface area contributed by atoms with E-state index in [9.17, 15) is 0 Å². The summed E-state index contributed by atoms with van der Waals surface area (Å²) < 4.78 is 0. The molecule has 3 heteroatoms. The Bertz CT molecular complexity index is 343. The van der Waals surface area contributed by atoms with Gasteiger partial charge in [-0.25, -0.2) is 9.97 Å². The minimum Gasteiger partial charge on any atom is -0.306 e. The summed E-state index contributed by atoms with van der Waals surface area (Å²) in [6.45, 7) is 5.13. The predicted octanol–water partition coefficient (Wildman–Crippen LogP) is 2.60. The van der Waals surface area contributed by atoms with Crippen LogP contribution in [0.1, 0.15) is 50.5 Å². The molecular formula is C13H21N3. The van der Waals surface area contributed by atoms with Gasteiger partial charge in [0.05, 0.1) is 5.69 Å². The van der Waals surface area contributed by atoms with Crippen molar-refractivity contribution >= 4 is 0 Å². The van der Waals surface area contributed by atoms with Gasteiger partial charge in [-0.2, -0.15) is 0 Å². The molecule has 0 amide bonds. The lowest BCUT2D eigenvalue weighted by Gasteiger charge is -2.34. The molecule has 1 aromatic rings. The minimum atomic E-state index is 0.317. The van der Waals surface area contributed by atoms with E-state index >= 15 is 0 Å². The molecule has 88 valence electrons. The average molecular weight is 219 g/mol. The fourth-order valence-electron chi connectivity index (χ4n) is 2.42. The Labute approximate surface area is 97.7 Å². The Balaban J connectivity index is 1.91. The summed E-state index contributed by atoms with van der Waals surface area (Å²) in [6, 6.07) is 1.99. The van der Waals surface area contributed by atoms with E-state index in [2.05, 4.69) is 22.2 Å². The number of aromatic nitrogens is 2. The predicted molar refractivity (Wildman–Crippen MR) is 65.1 cm³/mol. The molecule has 2 rings (SSSR count). The van der Waals surface area contributed by atoms with Crippen LogP contribution in [0.3, 0.4) is 0 Å². The first-order valence-corrected chi connectivity index (χ1v) is 6.22. The first-order valence-electron chi connectivity index (χ1n) is 6.22. The van der Waals surface area contributed by atoms with Crippen LogP contribution in [0.5, 0.6) is 0 Å². The number of nitrogens with zero attached hydrogens (tertiary/aromatic N) is 2. The van der Waals surface area contributed by atoms with Crippen LogP contribution in [0.15, 0.2) is 12.3 Å². The number of aryl methyl sites for hydroxylation is 1. The zero-order valence-electron chi connectivity index (χ0n) is 10.3. The van der Waals surface area contributed by atoms with Crippen molar-refractivity contribution in [2.24, 2.45) is 0 Å². The maximum atomic E-state index is 4.42. The fraction of sp³-hybridized carbons (Fsp3) is 0.692. The van der Waals surface area contributed by atoms with Crippen LogP contribution in [-0.2, 0) is 6.54 Å². The highest BCUT2D eigenvalue weighted by molar-refractivity contribution is 5.02. The molecule has 1 aliphatic rings. The summed E-state index contributed by atoms with van der Waals surface area (Å²) in [5, 5.41) is 3.65. The summed E-state index contributed by atoms with van der Waals surface area (Å²) in [5.41, 5.74) is 1.41. The molecule has 1 saturated carbocycles. The summed E-state index contributed by atoms with van der Waals surface area (Å²) in [7, 11) is 0. The minimum absolute atomic E-state index is 0.317. The van der Waals surface area contributed by atoms with Crippen LogP contribution in [0.4, 0.5) is 0 Å². The maximum absolute atomic E-state index is 4.42. The average Bonchev–Trinajstić information content (AvgIpc) is 2.28. The highest BCUT2D eigenvalue weighted by Gasteiger charge is 2.25. The van der Waals surface area contributed by atoms with Crippen molar-refractivity contribution in [1.29, 1.82) is 0 Å². The Morgan fingerprint density at radius 2 is 2.06 bits per heavy atom. The second-order valence-corrected chi connectivity index (χ2v) is 5.07. The van der Waals surface area contributed by atoms with Gasteiger partial charge in [0, 0.05) is 18.3 Å². The van der Waals surface area contributed by atoms with Gasteiger partial charge in [0.25, 0.3) is 0 Å². The lowest BCUT2D eigenvalue weighted by Crippen LogP contribution is -2.43. The van der Waals surface area contributed by atoms with Crippen LogP contribution < -0.4 is 5.32 Å². The second-order valence-electron chi connectivity index (χ2n) is 5.07. The van der Waals surface area contributed by atoms with Crippen LogP contribution in [0.2, 0.25) is 0 Å². The lowest BCUT2D eigenvalue weighted by atomic mass is 9.83. The standard InChI is InChI=1S/C13H21N3/c1-11-14-9-6-12(16-11)10-15-13(2)7-4-3-5-8-13/h6,9,15H,3-5,7-8,10H2,1-2H3. The number of nitrogens with one attached hydrogen (secondary N) is 1. The molecule has 1 fully saturated rings. The van der Waals surface area contributed by atoms with E-state index in [1.165, 1.54) is 32.1 Å². The van der Waals surface area contributed by atoms with Gasteiger partial charge < -0.3 is 5.32 Å². The van der Waals surface area contributed by atoms with Gasteiger partial charge in [0.15, 0.2) is 0 Å².